The number of piperidine rings is 1. The van der Waals surface area contributed by atoms with Gasteiger partial charge in [0.1, 0.15) is 0 Å². The third-order valence-electron chi connectivity index (χ3n) is 4.47. The van der Waals surface area contributed by atoms with Gasteiger partial charge in [-0.25, -0.2) is 9.97 Å². The molecule has 0 aromatic carbocycles. The number of hydrogen-bond donors (Lipinski definition) is 0. The van der Waals surface area contributed by atoms with Gasteiger partial charge < -0.3 is 4.90 Å². The van der Waals surface area contributed by atoms with Gasteiger partial charge in [0.15, 0.2) is 5.65 Å². The van der Waals surface area contributed by atoms with E-state index in [1.165, 1.54) is 19.3 Å². The van der Waals surface area contributed by atoms with Crippen LogP contribution in [0.1, 0.15) is 33.1 Å². The van der Waals surface area contributed by atoms with E-state index in [-0.39, 0.29) is 0 Å². The van der Waals surface area contributed by atoms with Crippen molar-refractivity contribution in [1.82, 2.24) is 14.4 Å². The third kappa shape index (κ3) is 2.24. The zero-order chi connectivity index (χ0) is 13.5. The number of nitrogens with zero attached hydrogens (tertiary/aromatic N) is 4. The minimum atomic E-state index is 0.500. The number of fused-ring (bicyclic) bond motifs is 1. The Morgan fingerprint density at radius 3 is 2.74 bits per heavy atom. The number of imidazole rings is 1. The third-order valence-corrected chi connectivity index (χ3v) is 5.03. The lowest BCUT2D eigenvalue weighted by Crippen LogP contribution is -2.39. The molecule has 19 heavy (non-hydrogen) atoms. The van der Waals surface area contributed by atoms with Crippen LogP contribution in [0.15, 0.2) is 23.1 Å². The molecular formula is C14H19BrN4. The van der Waals surface area contributed by atoms with Crippen molar-refractivity contribution < 1.29 is 0 Å². The van der Waals surface area contributed by atoms with Gasteiger partial charge in [-0.2, -0.15) is 0 Å². The normalized spacial score (nSPS) is 19.0. The smallest absolute Gasteiger partial charge is 0.211 e. The van der Waals surface area contributed by atoms with Crippen LogP contribution in [0.25, 0.3) is 5.65 Å². The lowest BCUT2D eigenvalue weighted by Gasteiger charge is -2.39. The zero-order valence-electron chi connectivity index (χ0n) is 11.4. The van der Waals surface area contributed by atoms with Crippen molar-refractivity contribution in [2.24, 2.45) is 5.41 Å². The summed E-state index contributed by atoms with van der Waals surface area (Å²) in [5.74, 6) is 1.01. The Kier molecular flexibility index (Phi) is 3.25. The largest absolute Gasteiger partial charge is 0.342 e. The SMILES string of the molecule is CCC1(C)CCN(c2ncc(Br)c3nccn23)CC1. The molecule has 0 bridgehead atoms. The molecule has 3 rings (SSSR count). The maximum absolute atomic E-state index is 4.58. The second kappa shape index (κ2) is 4.78. The van der Waals surface area contributed by atoms with Gasteiger partial charge in [-0.3, -0.25) is 4.40 Å². The number of rotatable bonds is 2. The standard InChI is InChI=1S/C14H19BrN4/c1-3-14(2)4-7-18(8-5-14)13-17-10-11(15)12-16-6-9-19(12)13/h6,9-10H,3-5,7-8H2,1-2H3. The monoisotopic (exact) mass is 322 g/mol. The maximum Gasteiger partial charge on any atom is 0.211 e. The van der Waals surface area contributed by atoms with Crippen LogP contribution in [-0.2, 0) is 0 Å². The van der Waals surface area contributed by atoms with E-state index < -0.39 is 0 Å². The van der Waals surface area contributed by atoms with Gasteiger partial charge in [-0.1, -0.05) is 20.3 Å². The van der Waals surface area contributed by atoms with Gasteiger partial charge in [-0.05, 0) is 34.2 Å². The molecule has 3 heterocycles. The van der Waals surface area contributed by atoms with Gasteiger partial charge in [0.25, 0.3) is 0 Å². The molecule has 2 aromatic heterocycles. The first kappa shape index (κ1) is 12.9. The molecule has 0 amide bonds. The Balaban J connectivity index is 1.90. The molecule has 1 aliphatic heterocycles. The van der Waals surface area contributed by atoms with Crippen LogP contribution < -0.4 is 4.90 Å². The minimum absolute atomic E-state index is 0.500. The first-order chi connectivity index (χ1) is 9.13. The molecule has 0 atom stereocenters. The van der Waals surface area contributed by atoms with Crippen LogP contribution in [0.2, 0.25) is 0 Å². The molecule has 0 saturated carbocycles. The van der Waals surface area contributed by atoms with Gasteiger partial charge >= 0.3 is 0 Å². The first-order valence-electron chi connectivity index (χ1n) is 6.85. The van der Waals surface area contributed by atoms with E-state index in [9.17, 15) is 0 Å². The molecule has 1 aliphatic rings. The van der Waals surface area contributed by atoms with Gasteiger partial charge in [-0.15, -0.1) is 0 Å². The summed E-state index contributed by atoms with van der Waals surface area (Å²) in [6.07, 6.45) is 9.39. The average molecular weight is 323 g/mol. The number of aromatic nitrogens is 3. The number of hydrogen-bond acceptors (Lipinski definition) is 3. The highest BCUT2D eigenvalue weighted by molar-refractivity contribution is 9.10. The van der Waals surface area contributed by atoms with Crippen LogP contribution in [0.5, 0.6) is 0 Å². The summed E-state index contributed by atoms with van der Waals surface area (Å²) in [5, 5.41) is 0. The highest BCUT2D eigenvalue weighted by atomic mass is 79.9. The Morgan fingerprint density at radius 1 is 1.32 bits per heavy atom. The average Bonchev–Trinajstić information content (AvgIpc) is 2.91. The molecule has 0 aliphatic carbocycles. The summed E-state index contributed by atoms with van der Waals surface area (Å²) < 4.78 is 3.01. The molecule has 0 radical (unpaired) electrons. The van der Waals surface area contributed by atoms with Crippen LogP contribution in [0.4, 0.5) is 5.95 Å². The van der Waals surface area contributed by atoms with Crippen molar-refractivity contribution in [2.45, 2.75) is 33.1 Å². The number of halogens is 1. The van der Waals surface area contributed by atoms with Crippen molar-refractivity contribution >= 4 is 27.5 Å². The lowest BCUT2D eigenvalue weighted by atomic mass is 9.78. The predicted molar refractivity (Wildman–Crippen MR) is 80.5 cm³/mol. The van der Waals surface area contributed by atoms with E-state index in [4.69, 9.17) is 0 Å². The van der Waals surface area contributed by atoms with Gasteiger partial charge in [0, 0.05) is 31.7 Å². The fourth-order valence-corrected chi connectivity index (χ4v) is 3.11. The molecule has 102 valence electrons. The Morgan fingerprint density at radius 2 is 2.05 bits per heavy atom. The maximum atomic E-state index is 4.58. The van der Waals surface area contributed by atoms with Crippen LogP contribution in [-0.4, -0.2) is 27.5 Å². The van der Waals surface area contributed by atoms with E-state index in [1.54, 1.807) is 0 Å². The van der Waals surface area contributed by atoms with E-state index in [0.29, 0.717) is 5.41 Å². The zero-order valence-corrected chi connectivity index (χ0v) is 13.0. The summed E-state index contributed by atoms with van der Waals surface area (Å²) in [7, 11) is 0. The summed E-state index contributed by atoms with van der Waals surface area (Å²) in [6, 6.07) is 0. The molecule has 2 aromatic rings. The fraction of sp³-hybridized carbons (Fsp3) is 0.571. The molecule has 0 spiro atoms. The first-order valence-corrected chi connectivity index (χ1v) is 7.65. The lowest BCUT2D eigenvalue weighted by molar-refractivity contribution is 0.237. The summed E-state index contributed by atoms with van der Waals surface area (Å²) >= 11 is 3.50. The second-order valence-electron chi connectivity index (χ2n) is 5.68. The molecule has 1 fully saturated rings. The van der Waals surface area contributed by atoms with Crippen LogP contribution >= 0.6 is 15.9 Å². The van der Waals surface area contributed by atoms with E-state index >= 15 is 0 Å². The van der Waals surface area contributed by atoms with Crippen molar-refractivity contribution in [3.8, 4) is 0 Å². The highest BCUT2D eigenvalue weighted by Crippen LogP contribution is 2.35. The van der Waals surface area contributed by atoms with Crippen molar-refractivity contribution in [1.29, 1.82) is 0 Å². The van der Waals surface area contributed by atoms with E-state index in [0.717, 1.165) is 29.2 Å². The van der Waals surface area contributed by atoms with Crippen LogP contribution in [0.3, 0.4) is 0 Å². The second-order valence-corrected chi connectivity index (χ2v) is 6.53. The highest BCUT2D eigenvalue weighted by Gasteiger charge is 2.29. The Labute approximate surface area is 122 Å². The molecular weight excluding hydrogens is 304 g/mol. The molecule has 0 unspecified atom stereocenters. The van der Waals surface area contributed by atoms with E-state index in [2.05, 4.69) is 49.0 Å². The van der Waals surface area contributed by atoms with Crippen molar-refractivity contribution in [2.75, 3.05) is 18.0 Å². The summed E-state index contributed by atoms with van der Waals surface area (Å²) in [4.78, 5) is 11.3. The molecule has 5 heteroatoms. The topological polar surface area (TPSA) is 33.4 Å². The molecule has 1 saturated heterocycles. The Bertz CT molecular complexity index is 584. The quantitative estimate of drug-likeness (QED) is 0.848. The molecule has 4 nitrogen and oxygen atoms in total. The minimum Gasteiger partial charge on any atom is -0.342 e. The fourth-order valence-electron chi connectivity index (χ4n) is 2.71. The summed E-state index contributed by atoms with van der Waals surface area (Å²) in [6.45, 7) is 6.84. The van der Waals surface area contributed by atoms with Gasteiger partial charge in [0.05, 0.1) is 4.47 Å². The van der Waals surface area contributed by atoms with Crippen molar-refractivity contribution in [3.63, 3.8) is 0 Å². The number of anilines is 1. The summed E-state index contributed by atoms with van der Waals surface area (Å²) in [5.41, 5.74) is 1.44. The molecule has 0 N–H and O–H groups in total. The Hall–Kier alpha value is -1.10. The van der Waals surface area contributed by atoms with E-state index in [1.807, 2.05) is 18.6 Å². The predicted octanol–water partition coefficient (Wildman–Crippen LogP) is 3.51. The van der Waals surface area contributed by atoms with Gasteiger partial charge in [0.2, 0.25) is 5.95 Å². The van der Waals surface area contributed by atoms with Crippen molar-refractivity contribution in [3.05, 3.63) is 23.1 Å². The van der Waals surface area contributed by atoms with Crippen LogP contribution in [0, 0.1) is 5.41 Å².